The fourth-order valence-electron chi connectivity index (χ4n) is 4.41. The van der Waals surface area contributed by atoms with E-state index in [1.165, 1.54) is 17.8 Å². The molecule has 3 saturated heterocycles. The molecule has 1 aromatic rings. The number of nitrogens with zero attached hydrogens (tertiary/aromatic N) is 6. The highest BCUT2D eigenvalue weighted by Crippen LogP contribution is 2.32. The molecule has 0 N–H and O–H groups in total. The van der Waals surface area contributed by atoms with Crippen LogP contribution in [0.25, 0.3) is 0 Å². The number of rotatable bonds is 5. The van der Waals surface area contributed by atoms with Gasteiger partial charge in [-0.3, -0.25) is 19.4 Å². The Morgan fingerprint density at radius 1 is 1.07 bits per heavy atom. The lowest BCUT2D eigenvalue weighted by molar-refractivity contribution is -0.137. The van der Waals surface area contributed by atoms with E-state index < -0.39 is 0 Å². The number of amides is 2. The van der Waals surface area contributed by atoms with Crippen molar-refractivity contribution in [1.29, 1.82) is 0 Å². The largest absolute Gasteiger partial charge is 0.346 e. The van der Waals surface area contributed by atoms with Crippen LogP contribution in [0.4, 0.5) is 10.3 Å². The van der Waals surface area contributed by atoms with Crippen LogP contribution < -0.4 is 9.80 Å². The molecular formula is C19H30N6O2S. The maximum Gasteiger partial charge on any atom is 0.228 e. The van der Waals surface area contributed by atoms with Crippen LogP contribution >= 0.6 is 11.3 Å². The molecule has 8 nitrogen and oxygen atoms in total. The first-order valence-corrected chi connectivity index (χ1v) is 11.4. The molecule has 0 aliphatic carbocycles. The van der Waals surface area contributed by atoms with Gasteiger partial charge in [0.2, 0.25) is 22.1 Å². The Labute approximate surface area is 170 Å². The molecule has 3 aliphatic rings. The van der Waals surface area contributed by atoms with Crippen LogP contribution in [0.5, 0.6) is 0 Å². The molecule has 4 rings (SSSR count). The lowest BCUT2D eigenvalue weighted by atomic mass is 9.96. The highest BCUT2D eigenvalue weighted by Gasteiger charge is 2.33. The summed E-state index contributed by atoms with van der Waals surface area (Å²) < 4.78 is 0. The molecule has 1 aromatic heterocycles. The first-order chi connectivity index (χ1) is 13.7. The second kappa shape index (κ2) is 8.73. The van der Waals surface area contributed by atoms with Gasteiger partial charge >= 0.3 is 0 Å². The average molecular weight is 407 g/mol. The molecular weight excluding hydrogens is 376 g/mol. The smallest absolute Gasteiger partial charge is 0.228 e. The van der Waals surface area contributed by atoms with Gasteiger partial charge in [0.1, 0.15) is 0 Å². The number of piperidine rings is 1. The lowest BCUT2D eigenvalue weighted by Crippen LogP contribution is -2.52. The summed E-state index contributed by atoms with van der Waals surface area (Å²) in [4.78, 5) is 33.4. The van der Waals surface area contributed by atoms with Gasteiger partial charge in [0, 0.05) is 52.2 Å². The summed E-state index contributed by atoms with van der Waals surface area (Å²) in [5.41, 5.74) is 0. The van der Waals surface area contributed by atoms with Crippen LogP contribution in [0.15, 0.2) is 0 Å². The minimum Gasteiger partial charge on any atom is -0.346 e. The van der Waals surface area contributed by atoms with E-state index in [2.05, 4.69) is 31.8 Å². The first-order valence-electron chi connectivity index (χ1n) is 10.6. The summed E-state index contributed by atoms with van der Waals surface area (Å²) in [6, 6.07) is 0. The normalized spacial score (nSPS) is 24.2. The molecule has 0 saturated carbocycles. The van der Waals surface area contributed by atoms with Crippen LogP contribution in [0.2, 0.25) is 0 Å². The molecule has 2 amide bonds. The topological polar surface area (TPSA) is 72.9 Å². The molecule has 0 bridgehead atoms. The van der Waals surface area contributed by atoms with Crippen LogP contribution in [0.1, 0.15) is 39.0 Å². The zero-order valence-electron chi connectivity index (χ0n) is 16.7. The molecule has 4 heterocycles. The molecule has 1 atom stereocenters. The maximum atomic E-state index is 13.0. The first kappa shape index (κ1) is 19.6. The predicted octanol–water partition coefficient (Wildman–Crippen LogP) is 1.44. The van der Waals surface area contributed by atoms with E-state index in [4.69, 9.17) is 0 Å². The van der Waals surface area contributed by atoms with Crippen LogP contribution in [0.3, 0.4) is 0 Å². The fraction of sp³-hybridized carbons (Fsp3) is 0.789. The second-order valence-electron chi connectivity index (χ2n) is 7.97. The van der Waals surface area contributed by atoms with Crippen molar-refractivity contribution in [2.24, 2.45) is 5.92 Å². The van der Waals surface area contributed by atoms with Crippen molar-refractivity contribution in [3.05, 3.63) is 0 Å². The van der Waals surface area contributed by atoms with Crippen molar-refractivity contribution in [3.63, 3.8) is 0 Å². The number of hydrogen-bond acceptors (Lipinski definition) is 7. The lowest BCUT2D eigenvalue weighted by Gasteiger charge is -2.38. The van der Waals surface area contributed by atoms with Crippen LogP contribution in [0, 0.1) is 5.92 Å². The van der Waals surface area contributed by atoms with Gasteiger partial charge < -0.3 is 9.80 Å². The Balaban J connectivity index is 1.35. The van der Waals surface area contributed by atoms with Gasteiger partial charge in [0.15, 0.2) is 0 Å². The summed E-state index contributed by atoms with van der Waals surface area (Å²) >= 11 is 1.47. The monoisotopic (exact) mass is 406 g/mol. The van der Waals surface area contributed by atoms with Crippen molar-refractivity contribution < 1.29 is 9.59 Å². The molecule has 0 spiro atoms. The Hall–Kier alpha value is -1.74. The summed E-state index contributed by atoms with van der Waals surface area (Å²) in [6.07, 6.45) is 4.59. The Morgan fingerprint density at radius 2 is 1.86 bits per heavy atom. The highest BCUT2D eigenvalue weighted by molar-refractivity contribution is 7.19. The van der Waals surface area contributed by atoms with E-state index in [0.717, 1.165) is 70.2 Å². The van der Waals surface area contributed by atoms with Crippen molar-refractivity contribution in [2.45, 2.75) is 39.0 Å². The molecule has 28 heavy (non-hydrogen) atoms. The molecule has 1 unspecified atom stereocenters. The third kappa shape index (κ3) is 4.15. The molecule has 0 radical (unpaired) electrons. The van der Waals surface area contributed by atoms with Gasteiger partial charge in [-0.25, -0.2) is 0 Å². The third-order valence-corrected chi connectivity index (χ3v) is 6.98. The van der Waals surface area contributed by atoms with Gasteiger partial charge in [-0.05, 0) is 32.2 Å². The number of aromatic nitrogens is 2. The summed E-state index contributed by atoms with van der Waals surface area (Å²) in [5.74, 6) is 0.462. The zero-order valence-corrected chi connectivity index (χ0v) is 17.5. The summed E-state index contributed by atoms with van der Waals surface area (Å²) in [7, 11) is 0. The minimum absolute atomic E-state index is 0.0345. The molecule has 3 aliphatic heterocycles. The minimum atomic E-state index is 0.0345. The van der Waals surface area contributed by atoms with Gasteiger partial charge in [0.25, 0.3) is 0 Å². The summed E-state index contributed by atoms with van der Waals surface area (Å²) in [5, 5.41) is 10.1. The number of hydrogen-bond donors (Lipinski definition) is 0. The third-order valence-electron chi connectivity index (χ3n) is 5.97. The number of piperazine rings is 1. The van der Waals surface area contributed by atoms with E-state index in [1.807, 2.05) is 0 Å². The van der Waals surface area contributed by atoms with E-state index >= 15 is 0 Å². The predicted molar refractivity (Wildman–Crippen MR) is 110 cm³/mol. The summed E-state index contributed by atoms with van der Waals surface area (Å²) in [6.45, 7) is 9.32. The average Bonchev–Trinajstić information content (AvgIpc) is 3.37. The van der Waals surface area contributed by atoms with Crippen molar-refractivity contribution >= 4 is 33.4 Å². The Kier molecular flexibility index (Phi) is 6.10. The fourth-order valence-corrected chi connectivity index (χ4v) is 5.34. The highest BCUT2D eigenvalue weighted by atomic mass is 32.1. The molecule has 0 aromatic carbocycles. The van der Waals surface area contributed by atoms with Gasteiger partial charge in [-0.2, -0.15) is 0 Å². The van der Waals surface area contributed by atoms with E-state index in [-0.39, 0.29) is 11.8 Å². The Bertz CT molecular complexity index is 702. The molecule has 154 valence electrons. The second-order valence-corrected chi connectivity index (χ2v) is 8.90. The van der Waals surface area contributed by atoms with Crippen LogP contribution in [-0.2, 0) is 9.59 Å². The van der Waals surface area contributed by atoms with Crippen molar-refractivity contribution in [1.82, 2.24) is 20.0 Å². The van der Waals surface area contributed by atoms with E-state index in [9.17, 15) is 9.59 Å². The molecule has 9 heteroatoms. The molecule has 3 fully saturated rings. The van der Waals surface area contributed by atoms with Crippen molar-refractivity contribution in [2.75, 3.05) is 62.2 Å². The number of carbonyl (C=O) groups excluding carboxylic acids is 2. The number of carbonyl (C=O) groups is 2. The zero-order chi connectivity index (χ0) is 19.5. The quantitative estimate of drug-likeness (QED) is 0.737. The number of anilines is 2. The van der Waals surface area contributed by atoms with E-state index in [0.29, 0.717) is 24.0 Å². The SMILES string of the molecule is CCCN1CCN(C(=O)C2CCCN(c3nnc(N4CCCC4=O)s3)C2)CC1. The Morgan fingerprint density at radius 3 is 2.57 bits per heavy atom. The van der Waals surface area contributed by atoms with Crippen molar-refractivity contribution in [3.8, 4) is 0 Å². The van der Waals surface area contributed by atoms with Gasteiger partial charge in [0.05, 0.1) is 5.92 Å². The van der Waals surface area contributed by atoms with Gasteiger partial charge in [-0.1, -0.05) is 18.3 Å². The van der Waals surface area contributed by atoms with E-state index in [1.54, 1.807) is 4.90 Å². The standard InChI is InChI=1S/C19H30N6O2S/c1-2-7-22-10-12-23(13-11-22)17(27)15-5-3-8-24(14-15)18-20-21-19(28-18)25-9-4-6-16(25)26/h15H,2-14H2,1H3. The maximum absolute atomic E-state index is 13.0. The van der Waals surface area contributed by atoms with Gasteiger partial charge in [-0.15, -0.1) is 10.2 Å². The van der Waals surface area contributed by atoms with Crippen LogP contribution in [-0.4, -0.2) is 84.2 Å².